The van der Waals surface area contributed by atoms with E-state index in [4.69, 9.17) is 32.9 Å². The quantitative estimate of drug-likeness (QED) is 0.313. The van der Waals surface area contributed by atoms with Crippen LogP contribution in [-0.2, 0) is 9.53 Å². The molecule has 2 aliphatic rings. The first-order valence-corrected chi connectivity index (χ1v) is 14.2. The molecule has 4 atom stereocenters. The molecule has 0 spiro atoms. The average molecular weight is 568 g/mol. The van der Waals surface area contributed by atoms with E-state index >= 15 is 0 Å². The van der Waals surface area contributed by atoms with Gasteiger partial charge < -0.3 is 4.74 Å². The van der Waals surface area contributed by atoms with Gasteiger partial charge >= 0.3 is 5.97 Å². The molecule has 2 aromatic heterocycles. The van der Waals surface area contributed by atoms with Crippen molar-refractivity contribution in [2.24, 2.45) is 5.92 Å². The van der Waals surface area contributed by atoms with Crippen molar-refractivity contribution in [1.82, 2.24) is 24.6 Å². The number of carbonyl (C=O) groups excluding carboxylic acids is 1. The minimum atomic E-state index is -0.273. The molecular formula is C29H32Cl2N6O2. The number of esters is 1. The topological polar surface area (TPSA) is 96.9 Å². The number of methoxy groups -OCH3 is 1. The van der Waals surface area contributed by atoms with E-state index in [0.29, 0.717) is 45.6 Å². The number of benzene rings is 1. The number of halogens is 2. The Morgan fingerprint density at radius 1 is 1.31 bits per heavy atom. The molecule has 0 N–H and O–H groups in total. The zero-order valence-electron chi connectivity index (χ0n) is 22.4. The van der Waals surface area contributed by atoms with Crippen molar-refractivity contribution < 1.29 is 9.53 Å². The molecule has 3 aromatic rings. The monoisotopic (exact) mass is 566 g/mol. The highest BCUT2D eigenvalue weighted by Crippen LogP contribution is 2.37. The Morgan fingerprint density at radius 2 is 2.13 bits per heavy atom. The smallest absolute Gasteiger partial charge is 0.305 e. The summed E-state index contributed by atoms with van der Waals surface area (Å²) in [5.74, 6) is 0.192. The van der Waals surface area contributed by atoms with Crippen molar-refractivity contribution in [3.05, 3.63) is 57.5 Å². The second kappa shape index (κ2) is 11.6. The molecule has 0 amide bonds. The van der Waals surface area contributed by atoms with Gasteiger partial charge in [0.25, 0.3) is 0 Å². The van der Waals surface area contributed by atoms with E-state index in [-0.39, 0.29) is 17.7 Å². The molecule has 5 rings (SSSR count). The summed E-state index contributed by atoms with van der Waals surface area (Å²) < 4.78 is 6.58. The van der Waals surface area contributed by atoms with E-state index in [1.807, 2.05) is 13.0 Å². The standard InChI is InChI=1S/C29H32Cl2N6O2/c1-17-13-19(6-10-26(17)36-12-4-5-21(36)8-11-27(38)39-3)25-16-33-28-24(15-32)35-37(29(28)34-25)18(2)22-9-7-20(30)14-23(22)31/h7,9,13-14,16-18,21,26H,4-6,8,10-12H2,1-3H3/t17?,18-,21?,26?/m1/s1. The van der Waals surface area contributed by atoms with Crippen LogP contribution in [0, 0.1) is 17.2 Å². The first-order chi connectivity index (χ1) is 18.8. The number of fused-ring (bicyclic) bond motifs is 1. The number of allylic oxidation sites excluding steroid dienone is 1. The van der Waals surface area contributed by atoms with Crippen LogP contribution in [-0.4, -0.2) is 56.4 Å². The van der Waals surface area contributed by atoms with Gasteiger partial charge in [0.05, 0.1) is 25.0 Å². The molecule has 0 radical (unpaired) electrons. The first kappa shape index (κ1) is 27.6. The molecular weight excluding hydrogens is 535 g/mol. The van der Waals surface area contributed by atoms with Gasteiger partial charge in [-0.1, -0.05) is 42.3 Å². The Balaban J connectivity index is 1.41. The molecule has 39 heavy (non-hydrogen) atoms. The molecule has 204 valence electrons. The highest BCUT2D eigenvalue weighted by molar-refractivity contribution is 6.35. The van der Waals surface area contributed by atoms with Gasteiger partial charge in [0.1, 0.15) is 11.6 Å². The van der Waals surface area contributed by atoms with Crippen molar-refractivity contribution in [2.45, 2.75) is 70.5 Å². The molecule has 1 aliphatic carbocycles. The molecule has 1 fully saturated rings. The van der Waals surface area contributed by atoms with E-state index in [2.05, 4.69) is 34.1 Å². The Labute approximate surface area is 238 Å². The summed E-state index contributed by atoms with van der Waals surface area (Å²) in [6, 6.07) is 8.09. The summed E-state index contributed by atoms with van der Waals surface area (Å²) in [5.41, 5.74) is 4.06. The summed E-state index contributed by atoms with van der Waals surface area (Å²) in [6.45, 7) is 5.29. The summed E-state index contributed by atoms with van der Waals surface area (Å²) >= 11 is 12.6. The van der Waals surface area contributed by atoms with E-state index in [1.54, 1.807) is 23.0 Å². The third-order valence-corrected chi connectivity index (χ3v) is 8.72. The first-order valence-electron chi connectivity index (χ1n) is 13.4. The maximum absolute atomic E-state index is 11.7. The van der Waals surface area contributed by atoms with Crippen molar-refractivity contribution in [1.29, 1.82) is 5.26 Å². The zero-order valence-corrected chi connectivity index (χ0v) is 23.9. The second-order valence-electron chi connectivity index (χ2n) is 10.5. The lowest BCUT2D eigenvalue weighted by Crippen LogP contribution is -2.43. The van der Waals surface area contributed by atoms with E-state index in [0.717, 1.165) is 55.5 Å². The predicted octanol–water partition coefficient (Wildman–Crippen LogP) is 6.21. The molecule has 3 heterocycles. The number of rotatable bonds is 7. The van der Waals surface area contributed by atoms with Gasteiger partial charge in [-0.3, -0.25) is 9.69 Å². The van der Waals surface area contributed by atoms with Gasteiger partial charge in [-0.05, 0) is 74.8 Å². The predicted molar refractivity (Wildman–Crippen MR) is 151 cm³/mol. The number of aromatic nitrogens is 4. The number of hydrogen-bond acceptors (Lipinski definition) is 7. The van der Waals surface area contributed by atoms with Crippen molar-refractivity contribution >= 4 is 45.9 Å². The molecule has 0 saturated carbocycles. The van der Waals surface area contributed by atoms with Crippen molar-refractivity contribution in [2.75, 3.05) is 13.7 Å². The van der Waals surface area contributed by atoms with Crippen molar-refractivity contribution in [3.8, 4) is 6.07 Å². The second-order valence-corrected chi connectivity index (χ2v) is 11.3. The van der Waals surface area contributed by atoms with Crippen LogP contribution in [0.1, 0.15) is 75.4 Å². The van der Waals surface area contributed by atoms with Crippen molar-refractivity contribution in [3.63, 3.8) is 0 Å². The van der Waals surface area contributed by atoms with Crippen LogP contribution in [0.15, 0.2) is 30.5 Å². The average Bonchev–Trinajstić information content (AvgIpc) is 3.55. The lowest BCUT2D eigenvalue weighted by atomic mass is 9.84. The van der Waals surface area contributed by atoms with Crippen LogP contribution in [0.25, 0.3) is 16.7 Å². The normalized spacial score (nSPS) is 22.5. The SMILES string of the molecule is COC(=O)CCC1CCCN1C1CCC(c2cnc3c(C#N)nn([C@H](C)c4ccc(Cl)cc4Cl)c3n2)=CC1C. The van der Waals surface area contributed by atoms with Crippen LogP contribution in [0.5, 0.6) is 0 Å². The van der Waals surface area contributed by atoms with Crippen LogP contribution in [0.3, 0.4) is 0 Å². The number of nitriles is 1. The van der Waals surface area contributed by atoms with Gasteiger partial charge in [-0.25, -0.2) is 14.6 Å². The maximum atomic E-state index is 11.7. The highest BCUT2D eigenvalue weighted by atomic mass is 35.5. The number of hydrogen-bond donors (Lipinski definition) is 0. The molecule has 3 unspecified atom stereocenters. The Kier molecular flexibility index (Phi) is 8.22. The number of likely N-dealkylation sites (tertiary alicyclic amines) is 1. The molecule has 1 aliphatic heterocycles. The summed E-state index contributed by atoms with van der Waals surface area (Å²) in [4.78, 5) is 23.9. The zero-order chi connectivity index (χ0) is 27.7. The van der Waals surface area contributed by atoms with E-state index in [9.17, 15) is 10.1 Å². The van der Waals surface area contributed by atoms with Crippen LogP contribution in [0.2, 0.25) is 10.0 Å². The molecule has 10 heteroatoms. The van der Waals surface area contributed by atoms with E-state index < -0.39 is 0 Å². The Bertz CT molecular complexity index is 1460. The fourth-order valence-electron chi connectivity index (χ4n) is 6.13. The lowest BCUT2D eigenvalue weighted by molar-refractivity contribution is -0.141. The molecule has 0 bridgehead atoms. The third-order valence-electron chi connectivity index (χ3n) is 8.16. The third kappa shape index (κ3) is 5.54. The number of ether oxygens (including phenoxy) is 1. The fraction of sp³-hybridized carbons (Fsp3) is 0.483. The minimum Gasteiger partial charge on any atom is -0.469 e. The van der Waals surface area contributed by atoms with Gasteiger partial charge in [0.15, 0.2) is 11.3 Å². The Morgan fingerprint density at radius 3 is 2.85 bits per heavy atom. The summed E-state index contributed by atoms with van der Waals surface area (Å²) in [5, 5.41) is 15.3. The van der Waals surface area contributed by atoms with Gasteiger partial charge in [0, 0.05) is 28.5 Å². The van der Waals surface area contributed by atoms with Gasteiger partial charge in [-0.2, -0.15) is 10.4 Å². The van der Waals surface area contributed by atoms with E-state index in [1.165, 1.54) is 7.11 Å². The lowest BCUT2D eigenvalue weighted by Gasteiger charge is -2.38. The van der Waals surface area contributed by atoms with Crippen LogP contribution in [0.4, 0.5) is 0 Å². The minimum absolute atomic E-state index is 0.138. The highest BCUT2D eigenvalue weighted by Gasteiger charge is 2.35. The fourth-order valence-corrected chi connectivity index (χ4v) is 6.70. The summed E-state index contributed by atoms with van der Waals surface area (Å²) in [7, 11) is 1.45. The van der Waals surface area contributed by atoms with Crippen LogP contribution >= 0.6 is 23.2 Å². The molecule has 1 aromatic carbocycles. The Hall–Kier alpha value is -2.99. The molecule has 1 saturated heterocycles. The van der Waals surface area contributed by atoms with Crippen LogP contribution < -0.4 is 0 Å². The molecule has 8 nitrogen and oxygen atoms in total. The van der Waals surface area contributed by atoms with Gasteiger partial charge in [-0.15, -0.1) is 0 Å². The largest absolute Gasteiger partial charge is 0.469 e. The number of carbonyl (C=O) groups is 1. The van der Waals surface area contributed by atoms with Gasteiger partial charge in [0.2, 0.25) is 0 Å². The maximum Gasteiger partial charge on any atom is 0.305 e. The number of nitrogens with zero attached hydrogens (tertiary/aromatic N) is 6. The summed E-state index contributed by atoms with van der Waals surface area (Å²) in [6.07, 6.45) is 9.56.